The van der Waals surface area contributed by atoms with Crippen LogP contribution >= 0.6 is 11.6 Å². The lowest BCUT2D eigenvalue weighted by Gasteiger charge is -2.41. The minimum absolute atomic E-state index is 0.0637. The predicted molar refractivity (Wildman–Crippen MR) is 137 cm³/mol. The second-order valence-corrected chi connectivity index (χ2v) is 11.3. The zero-order valence-electron chi connectivity index (χ0n) is 21.1. The van der Waals surface area contributed by atoms with Gasteiger partial charge in [0, 0.05) is 30.1 Å². The summed E-state index contributed by atoms with van der Waals surface area (Å²) in [7, 11) is 0. The Kier molecular flexibility index (Phi) is 8.95. The zero-order chi connectivity index (χ0) is 25.8. The van der Waals surface area contributed by atoms with Gasteiger partial charge in [-0.1, -0.05) is 57.7 Å². The van der Waals surface area contributed by atoms with E-state index in [-0.39, 0.29) is 29.8 Å². The Hall–Kier alpha value is -2.02. The van der Waals surface area contributed by atoms with Crippen molar-refractivity contribution in [3.8, 4) is 0 Å². The Labute approximate surface area is 212 Å². The lowest BCUT2D eigenvalue weighted by atomic mass is 9.74. The number of nitrogens with one attached hydrogen (secondary N) is 2. The highest BCUT2D eigenvalue weighted by Gasteiger charge is 2.36. The van der Waals surface area contributed by atoms with Gasteiger partial charge in [0.1, 0.15) is 11.6 Å². The highest BCUT2D eigenvalue weighted by atomic mass is 35.5. The van der Waals surface area contributed by atoms with Crippen LogP contribution in [0.15, 0.2) is 36.4 Å². The Morgan fingerprint density at radius 3 is 2.26 bits per heavy atom. The normalized spacial score (nSPS) is 17.6. The number of hydrogen-bond acceptors (Lipinski definition) is 3. The third kappa shape index (κ3) is 7.48. The first-order valence-electron chi connectivity index (χ1n) is 12.3. The lowest BCUT2D eigenvalue weighted by Crippen LogP contribution is -2.53. The van der Waals surface area contributed by atoms with Gasteiger partial charge in [0.25, 0.3) is 0 Å². The second-order valence-electron chi connectivity index (χ2n) is 10.9. The molecule has 4 nitrogen and oxygen atoms in total. The van der Waals surface area contributed by atoms with Crippen LogP contribution in [0.2, 0.25) is 5.02 Å². The molecule has 0 saturated heterocycles. The molecule has 0 spiro atoms. The van der Waals surface area contributed by atoms with E-state index < -0.39 is 23.8 Å². The van der Waals surface area contributed by atoms with Gasteiger partial charge in [0.15, 0.2) is 0 Å². The van der Waals surface area contributed by atoms with Crippen molar-refractivity contribution < 1.29 is 18.7 Å². The van der Waals surface area contributed by atoms with Crippen molar-refractivity contribution in [3.05, 3.63) is 69.7 Å². The molecule has 0 bridgehead atoms. The monoisotopic (exact) mass is 506 g/mol. The van der Waals surface area contributed by atoms with Crippen LogP contribution in [0.1, 0.15) is 76.5 Å². The van der Waals surface area contributed by atoms with Crippen LogP contribution in [0.25, 0.3) is 0 Å². The molecule has 35 heavy (non-hydrogen) atoms. The first kappa shape index (κ1) is 27.6. The van der Waals surface area contributed by atoms with Crippen LogP contribution in [0.4, 0.5) is 8.78 Å². The molecule has 1 aliphatic carbocycles. The summed E-state index contributed by atoms with van der Waals surface area (Å²) in [6, 6.07) is 8.76. The van der Waals surface area contributed by atoms with E-state index in [2.05, 4.69) is 37.5 Å². The van der Waals surface area contributed by atoms with Crippen molar-refractivity contribution in [2.75, 3.05) is 6.54 Å². The minimum atomic E-state index is -0.967. The maximum Gasteiger partial charge on any atom is 0.217 e. The van der Waals surface area contributed by atoms with E-state index in [9.17, 15) is 18.7 Å². The van der Waals surface area contributed by atoms with E-state index >= 15 is 0 Å². The topological polar surface area (TPSA) is 61.4 Å². The third-order valence-corrected chi connectivity index (χ3v) is 7.12. The molecule has 0 radical (unpaired) electrons. The molecule has 3 rings (SSSR count). The fourth-order valence-electron chi connectivity index (χ4n) is 4.99. The number of aliphatic hydroxyl groups is 1. The number of halogens is 3. The molecule has 2 aromatic rings. The summed E-state index contributed by atoms with van der Waals surface area (Å²) in [6.45, 7) is 8.03. The van der Waals surface area contributed by atoms with E-state index in [1.54, 1.807) is 0 Å². The van der Waals surface area contributed by atoms with Crippen LogP contribution in [0.3, 0.4) is 0 Å². The van der Waals surface area contributed by atoms with E-state index in [0.29, 0.717) is 10.6 Å². The van der Waals surface area contributed by atoms with Crippen LogP contribution in [0.5, 0.6) is 0 Å². The van der Waals surface area contributed by atoms with Crippen LogP contribution in [-0.4, -0.2) is 29.7 Å². The standard InChI is InChI=1S/C28H37ClF2N2O2/c1-18(34)33-25(12-19-10-23(30)16-24(31)11-19)26(35)17-32-28(8-6-5-7-9-28)21-13-20(27(2,3)4)14-22(29)15-21/h10-11,13-16,25-26,32,35H,5-9,12,17H2,1-4H3,(H,33,34). The molecule has 1 aliphatic rings. The number of amides is 1. The number of hydrogen-bond donors (Lipinski definition) is 3. The Morgan fingerprint density at radius 2 is 1.69 bits per heavy atom. The van der Waals surface area contributed by atoms with E-state index in [0.717, 1.165) is 49.3 Å². The van der Waals surface area contributed by atoms with Crippen molar-refractivity contribution in [2.24, 2.45) is 0 Å². The van der Waals surface area contributed by atoms with Crippen molar-refractivity contribution in [1.29, 1.82) is 0 Å². The van der Waals surface area contributed by atoms with Gasteiger partial charge in [0.2, 0.25) is 5.91 Å². The van der Waals surface area contributed by atoms with Gasteiger partial charge in [0.05, 0.1) is 12.1 Å². The van der Waals surface area contributed by atoms with Gasteiger partial charge >= 0.3 is 0 Å². The van der Waals surface area contributed by atoms with Crippen LogP contribution in [-0.2, 0) is 22.2 Å². The predicted octanol–water partition coefficient (Wildman–Crippen LogP) is 5.77. The highest BCUT2D eigenvalue weighted by molar-refractivity contribution is 6.30. The average Bonchev–Trinajstić information content (AvgIpc) is 2.75. The molecule has 0 heterocycles. The van der Waals surface area contributed by atoms with Crippen LogP contribution in [0, 0.1) is 11.6 Å². The number of aliphatic hydroxyl groups excluding tert-OH is 1. The fourth-order valence-corrected chi connectivity index (χ4v) is 5.23. The Bertz CT molecular complexity index is 1010. The summed E-state index contributed by atoms with van der Waals surface area (Å²) in [5, 5.41) is 18.1. The summed E-state index contributed by atoms with van der Waals surface area (Å²) in [5.74, 6) is -1.69. The van der Waals surface area contributed by atoms with Crippen molar-refractivity contribution in [2.45, 2.75) is 89.3 Å². The number of rotatable bonds is 8. The zero-order valence-corrected chi connectivity index (χ0v) is 21.8. The summed E-state index contributed by atoms with van der Waals surface area (Å²) in [5.41, 5.74) is 2.21. The molecule has 3 N–H and O–H groups in total. The molecule has 2 aromatic carbocycles. The fraction of sp³-hybridized carbons (Fsp3) is 0.536. The lowest BCUT2D eigenvalue weighted by molar-refractivity contribution is -0.120. The van der Waals surface area contributed by atoms with Gasteiger partial charge < -0.3 is 15.7 Å². The molecule has 1 fully saturated rings. The van der Waals surface area contributed by atoms with Crippen molar-refractivity contribution in [3.63, 3.8) is 0 Å². The van der Waals surface area contributed by atoms with Gasteiger partial charge in [-0.2, -0.15) is 0 Å². The minimum Gasteiger partial charge on any atom is -0.390 e. The highest BCUT2D eigenvalue weighted by Crippen LogP contribution is 2.40. The second kappa shape index (κ2) is 11.4. The quantitative estimate of drug-likeness (QED) is 0.425. The van der Waals surface area contributed by atoms with Crippen molar-refractivity contribution >= 4 is 17.5 Å². The molecule has 0 aliphatic heterocycles. The summed E-state index contributed by atoms with van der Waals surface area (Å²) < 4.78 is 27.4. The van der Waals surface area contributed by atoms with Gasteiger partial charge in [-0.05, 0) is 65.6 Å². The van der Waals surface area contributed by atoms with Gasteiger partial charge in [-0.3, -0.25) is 4.79 Å². The van der Waals surface area contributed by atoms with Gasteiger partial charge in [-0.25, -0.2) is 8.78 Å². The van der Waals surface area contributed by atoms with Crippen LogP contribution < -0.4 is 10.6 Å². The molecule has 192 valence electrons. The first-order valence-corrected chi connectivity index (χ1v) is 12.7. The first-order chi connectivity index (χ1) is 16.4. The summed E-state index contributed by atoms with van der Waals surface area (Å²) in [4.78, 5) is 11.8. The molecule has 2 unspecified atom stereocenters. The SMILES string of the molecule is CC(=O)NC(Cc1cc(F)cc(F)c1)C(O)CNC1(c2cc(Cl)cc(C(C)(C)C)c2)CCCCC1. The van der Waals surface area contributed by atoms with E-state index in [4.69, 9.17) is 11.6 Å². The number of carbonyl (C=O) groups excluding carboxylic acids is 1. The molecular weight excluding hydrogens is 470 g/mol. The maximum atomic E-state index is 13.7. The molecule has 0 aromatic heterocycles. The van der Waals surface area contributed by atoms with E-state index in [1.807, 2.05) is 12.1 Å². The largest absolute Gasteiger partial charge is 0.390 e. The average molecular weight is 507 g/mol. The van der Waals surface area contributed by atoms with E-state index in [1.165, 1.54) is 19.1 Å². The summed E-state index contributed by atoms with van der Waals surface area (Å²) in [6.07, 6.45) is 4.21. The third-order valence-electron chi connectivity index (χ3n) is 6.90. The van der Waals surface area contributed by atoms with Crippen molar-refractivity contribution in [1.82, 2.24) is 10.6 Å². The molecule has 7 heteroatoms. The Morgan fingerprint density at radius 1 is 1.06 bits per heavy atom. The maximum absolute atomic E-state index is 13.7. The molecular formula is C28H37ClF2N2O2. The number of carbonyl (C=O) groups is 1. The summed E-state index contributed by atoms with van der Waals surface area (Å²) >= 11 is 6.54. The molecule has 1 saturated carbocycles. The van der Waals surface area contributed by atoms with Gasteiger partial charge in [-0.15, -0.1) is 0 Å². The Balaban J connectivity index is 1.84. The molecule has 2 atom stereocenters. The molecule has 1 amide bonds. The smallest absolute Gasteiger partial charge is 0.217 e. The number of benzene rings is 2.